The molecule has 0 aromatic heterocycles. The number of amides is 1. The van der Waals surface area contributed by atoms with E-state index in [4.69, 9.17) is 0 Å². The van der Waals surface area contributed by atoms with Crippen LogP contribution in [0.5, 0.6) is 5.75 Å². The number of alkyl halides is 6. The average molecular weight is 375 g/mol. The maximum atomic E-state index is 12.6. The summed E-state index contributed by atoms with van der Waals surface area (Å²) in [6.45, 7) is 0. The third-order valence-corrected chi connectivity index (χ3v) is 3.00. The first kappa shape index (κ1) is 19.4. The van der Waals surface area contributed by atoms with Crippen LogP contribution in [0.1, 0.15) is 11.1 Å². The summed E-state index contributed by atoms with van der Waals surface area (Å²) in [5.74, 6) is -1.11. The van der Waals surface area contributed by atoms with E-state index in [1.54, 1.807) is 0 Å². The summed E-state index contributed by atoms with van der Waals surface area (Å²) < 4.78 is 77.6. The van der Waals surface area contributed by atoms with Crippen LogP contribution in [0.15, 0.2) is 54.6 Å². The van der Waals surface area contributed by atoms with Gasteiger partial charge in [0.15, 0.2) is 0 Å². The lowest BCUT2D eigenvalue weighted by molar-refractivity contribution is -0.274. The van der Waals surface area contributed by atoms with Crippen LogP contribution in [0.25, 0.3) is 6.08 Å². The van der Waals surface area contributed by atoms with Crippen LogP contribution < -0.4 is 10.1 Å². The summed E-state index contributed by atoms with van der Waals surface area (Å²) in [4.78, 5) is 11.7. The highest BCUT2D eigenvalue weighted by Crippen LogP contribution is 2.29. The molecule has 0 saturated carbocycles. The van der Waals surface area contributed by atoms with Gasteiger partial charge in [0.2, 0.25) is 5.91 Å². The van der Waals surface area contributed by atoms with Gasteiger partial charge in [-0.15, -0.1) is 13.2 Å². The fraction of sp³-hybridized carbons (Fsp3) is 0.118. The Morgan fingerprint density at radius 1 is 0.962 bits per heavy atom. The lowest BCUT2D eigenvalue weighted by Gasteiger charge is -2.09. The Balaban J connectivity index is 1.99. The Bertz CT molecular complexity index is 794. The quantitative estimate of drug-likeness (QED) is 0.585. The lowest BCUT2D eigenvalue weighted by atomic mass is 10.1. The Kier molecular flexibility index (Phi) is 5.59. The summed E-state index contributed by atoms with van der Waals surface area (Å²) in [6.07, 6.45) is -7.12. The normalized spacial score (nSPS) is 12.2. The molecule has 0 aliphatic carbocycles. The van der Waals surface area contributed by atoms with Crippen LogP contribution in [0.4, 0.5) is 32.0 Å². The fourth-order valence-corrected chi connectivity index (χ4v) is 1.91. The van der Waals surface area contributed by atoms with Crippen LogP contribution in [-0.2, 0) is 11.0 Å². The van der Waals surface area contributed by atoms with Crippen molar-refractivity contribution in [3.05, 3.63) is 65.7 Å². The largest absolute Gasteiger partial charge is 0.573 e. The zero-order valence-corrected chi connectivity index (χ0v) is 12.9. The highest BCUT2D eigenvalue weighted by Gasteiger charge is 2.31. The topological polar surface area (TPSA) is 38.3 Å². The predicted molar refractivity (Wildman–Crippen MR) is 82.2 cm³/mol. The minimum atomic E-state index is -4.82. The molecule has 2 aromatic carbocycles. The van der Waals surface area contributed by atoms with Crippen LogP contribution in [0.2, 0.25) is 0 Å². The standard InChI is InChI=1S/C17H11F6NO2/c18-16(19,20)12-3-1-2-11(10-12)4-9-15(25)24-13-5-7-14(8-6-13)26-17(21,22)23/h1-10H,(H,24,25)/b9-4+. The fourth-order valence-electron chi connectivity index (χ4n) is 1.91. The molecule has 0 unspecified atom stereocenters. The molecule has 0 heterocycles. The molecule has 138 valence electrons. The number of rotatable bonds is 4. The molecule has 1 amide bonds. The second kappa shape index (κ2) is 7.51. The van der Waals surface area contributed by atoms with Crippen LogP contribution in [-0.4, -0.2) is 12.3 Å². The Morgan fingerprint density at radius 2 is 1.62 bits per heavy atom. The Labute approximate surface area is 143 Å². The monoisotopic (exact) mass is 375 g/mol. The number of ether oxygens (including phenoxy) is 1. The maximum absolute atomic E-state index is 12.6. The molecule has 0 aliphatic rings. The third-order valence-electron chi connectivity index (χ3n) is 3.00. The summed E-state index contributed by atoms with van der Waals surface area (Å²) in [5, 5.41) is 2.36. The maximum Gasteiger partial charge on any atom is 0.573 e. The van der Waals surface area contributed by atoms with Gasteiger partial charge in [0.05, 0.1) is 5.56 Å². The highest BCUT2D eigenvalue weighted by molar-refractivity contribution is 6.01. The third kappa shape index (κ3) is 6.15. The number of hydrogen-bond acceptors (Lipinski definition) is 2. The van der Waals surface area contributed by atoms with Gasteiger partial charge in [-0.25, -0.2) is 0 Å². The van der Waals surface area contributed by atoms with E-state index in [-0.39, 0.29) is 11.3 Å². The molecule has 3 nitrogen and oxygen atoms in total. The minimum absolute atomic E-state index is 0.170. The number of anilines is 1. The molecule has 0 spiro atoms. The SMILES string of the molecule is O=C(/C=C/c1cccc(C(F)(F)F)c1)Nc1ccc(OC(F)(F)F)cc1. The van der Waals surface area contributed by atoms with Crippen molar-refractivity contribution in [1.82, 2.24) is 0 Å². The first-order valence-corrected chi connectivity index (χ1v) is 7.05. The van der Waals surface area contributed by atoms with Crippen molar-refractivity contribution < 1.29 is 35.9 Å². The highest BCUT2D eigenvalue weighted by atomic mass is 19.4. The van der Waals surface area contributed by atoms with Gasteiger partial charge >= 0.3 is 12.5 Å². The molecule has 0 saturated heterocycles. The number of benzene rings is 2. The molecule has 0 aliphatic heterocycles. The predicted octanol–water partition coefficient (Wildman–Crippen LogP) is 5.26. The van der Waals surface area contributed by atoms with Gasteiger partial charge in [0.1, 0.15) is 5.75 Å². The lowest BCUT2D eigenvalue weighted by Crippen LogP contribution is -2.17. The zero-order valence-electron chi connectivity index (χ0n) is 12.9. The zero-order chi connectivity index (χ0) is 19.4. The van der Waals surface area contributed by atoms with E-state index in [0.29, 0.717) is 0 Å². The molecular weight excluding hydrogens is 364 g/mol. The molecule has 9 heteroatoms. The molecular formula is C17H11F6NO2. The summed E-state index contributed by atoms with van der Waals surface area (Å²) in [5.41, 5.74) is -0.484. The van der Waals surface area contributed by atoms with E-state index >= 15 is 0 Å². The van der Waals surface area contributed by atoms with Crippen molar-refractivity contribution in [2.24, 2.45) is 0 Å². The van der Waals surface area contributed by atoms with Crippen molar-refractivity contribution in [1.29, 1.82) is 0 Å². The first-order valence-electron chi connectivity index (χ1n) is 7.05. The van der Waals surface area contributed by atoms with Gasteiger partial charge in [-0.3, -0.25) is 4.79 Å². The second-order valence-corrected chi connectivity index (χ2v) is 5.02. The minimum Gasteiger partial charge on any atom is -0.406 e. The van der Waals surface area contributed by atoms with Gasteiger partial charge < -0.3 is 10.1 Å². The average Bonchev–Trinajstić information content (AvgIpc) is 2.53. The van der Waals surface area contributed by atoms with Gasteiger partial charge in [0, 0.05) is 11.8 Å². The number of nitrogens with one attached hydrogen (secondary N) is 1. The number of carbonyl (C=O) groups excluding carboxylic acids is 1. The van der Waals surface area contributed by atoms with Crippen LogP contribution >= 0.6 is 0 Å². The summed E-state index contributed by atoms with van der Waals surface area (Å²) in [6, 6.07) is 8.80. The summed E-state index contributed by atoms with van der Waals surface area (Å²) >= 11 is 0. The van der Waals surface area contributed by atoms with Gasteiger partial charge in [-0.1, -0.05) is 12.1 Å². The number of hydrogen-bond donors (Lipinski definition) is 1. The molecule has 0 atom stereocenters. The van der Waals surface area contributed by atoms with Gasteiger partial charge in [0.25, 0.3) is 0 Å². The smallest absolute Gasteiger partial charge is 0.406 e. The Hall–Kier alpha value is -2.97. The van der Waals surface area contributed by atoms with Crippen molar-refractivity contribution in [3.63, 3.8) is 0 Å². The van der Waals surface area contributed by atoms with E-state index < -0.39 is 29.8 Å². The van der Waals surface area contributed by atoms with E-state index in [1.165, 1.54) is 30.3 Å². The van der Waals surface area contributed by atoms with E-state index in [9.17, 15) is 31.1 Å². The van der Waals surface area contributed by atoms with Gasteiger partial charge in [-0.2, -0.15) is 13.2 Å². The van der Waals surface area contributed by atoms with E-state index in [2.05, 4.69) is 10.1 Å². The Morgan fingerprint density at radius 3 is 2.19 bits per heavy atom. The second-order valence-electron chi connectivity index (χ2n) is 5.02. The number of halogens is 6. The van der Waals surface area contributed by atoms with Crippen molar-refractivity contribution in [3.8, 4) is 5.75 Å². The first-order chi connectivity index (χ1) is 12.0. The molecule has 0 fully saturated rings. The molecule has 0 bridgehead atoms. The van der Waals surface area contributed by atoms with Crippen LogP contribution in [0, 0.1) is 0 Å². The van der Waals surface area contributed by atoms with Crippen molar-refractivity contribution in [2.45, 2.75) is 12.5 Å². The molecule has 1 N–H and O–H groups in total. The molecule has 2 rings (SSSR count). The van der Waals surface area contributed by atoms with E-state index in [1.807, 2.05) is 0 Å². The number of carbonyl (C=O) groups is 1. The van der Waals surface area contributed by atoms with E-state index in [0.717, 1.165) is 30.3 Å². The molecule has 26 heavy (non-hydrogen) atoms. The van der Waals surface area contributed by atoms with Gasteiger partial charge in [-0.05, 0) is 48.0 Å². The molecule has 0 radical (unpaired) electrons. The van der Waals surface area contributed by atoms with Crippen molar-refractivity contribution in [2.75, 3.05) is 5.32 Å². The van der Waals surface area contributed by atoms with Crippen molar-refractivity contribution >= 4 is 17.7 Å². The molecule has 2 aromatic rings. The van der Waals surface area contributed by atoms with Crippen LogP contribution in [0.3, 0.4) is 0 Å². The summed E-state index contributed by atoms with van der Waals surface area (Å²) in [7, 11) is 0.